The van der Waals surface area contributed by atoms with E-state index in [-0.39, 0.29) is 26.5 Å². The van der Waals surface area contributed by atoms with E-state index in [4.69, 9.17) is 14.1 Å². The molecule has 3 aromatic heterocycles. The molecule has 9 rings (SSSR count). The van der Waals surface area contributed by atoms with Crippen molar-refractivity contribution in [2.45, 2.75) is 26.2 Å². The van der Waals surface area contributed by atoms with Crippen LogP contribution in [0.1, 0.15) is 26.3 Å². The predicted octanol–water partition coefficient (Wildman–Crippen LogP) is 11.0. The molecule has 0 radical (unpaired) electrons. The van der Waals surface area contributed by atoms with Gasteiger partial charge in [0.15, 0.2) is 0 Å². The average molecular weight is 855 g/mol. The molecule has 0 N–H and O–H groups in total. The maximum Gasteiger partial charge on any atom is 0.268 e. The number of ether oxygens (including phenoxy) is 1. The molecule has 0 amide bonds. The predicted molar refractivity (Wildman–Crippen MR) is 202 cm³/mol. The number of hydrogen-bond acceptors (Lipinski definition) is 3. The molecule has 0 aliphatic carbocycles. The summed E-state index contributed by atoms with van der Waals surface area (Å²) in [6.07, 6.45) is 5.58. The van der Waals surface area contributed by atoms with E-state index < -0.39 is 0 Å². The smallest absolute Gasteiger partial charge is 0.268 e. The quantitative estimate of drug-likeness (QED) is 0.124. The summed E-state index contributed by atoms with van der Waals surface area (Å²) in [5.74, 6) is 1.17. The minimum Gasteiger partial charge on any atom is -0.516 e. The Labute approximate surface area is 317 Å². The molecule has 5 nitrogen and oxygen atoms in total. The Balaban J connectivity index is 0.00000387. The van der Waals surface area contributed by atoms with Gasteiger partial charge in [0.1, 0.15) is 5.58 Å². The standard InChI is InChI=1S/C46H33N3O2.Pt/c1-46(2,3)31-25-26-47-40(27-31)36-16-5-4-15-35(36)37-17-6-8-19-41(37)49-30-48(42-20-9-10-21-43(42)49)32-13-12-14-33(28-32)50-34-23-24-45-39(29-34)38-18-7-11-22-44(38)51-45;/h4-22,24-27,29H,1-3H3;/q-2;. The van der Waals surface area contributed by atoms with E-state index in [1.54, 1.807) is 0 Å². The summed E-state index contributed by atoms with van der Waals surface area (Å²) in [5, 5.41) is 2.03. The first-order chi connectivity index (χ1) is 24.9. The summed E-state index contributed by atoms with van der Waals surface area (Å²) in [6, 6.07) is 54.0. The molecule has 0 aliphatic heterocycles. The molecular formula is C46H33N3O2Pt-2. The Hall–Kier alpha value is -5.77. The van der Waals surface area contributed by atoms with Crippen molar-refractivity contribution in [1.82, 2.24) is 9.55 Å². The zero-order chi connectivity index (χ0) is 34.5. The van der Waals surface area contributed by atoms with Crippen molar-refractivity contribution in [2.24, 2.45) is 0 Å². The Morgan fingerprint density at radius 1 is 0.692 bits per heavy atom. The second-order valence-corrected chi connectivity index (χ2v) is 13.7. The van der Waals surface area contributed by atoms with Crippen LogP contribution >= 0.6 is 0 Å². The third-order valence-electron chi connectivity index (χ3n) is 9.32. The zero-order valence-corrected chi connectivity index (χ0v) is 31.1. The topological polar surface area (TPSA) is 44.1 Å². The summed E-state index contributed by atoms with van der Waals surface area (Å²) in [5.41, 5.74) is 10.9. The first kappa shape index (κ1) is 33.4. The van der Waals surface area contributed by atoms with Gasteiger partial charge in [0.2, 0.25) is 0 Å². The van der Waals surface area contributed by atoms with Gasteiger partial charge in [0, 0.05) is 55.3 Å². The zero-order valence-electron chi connectivity index (χ0n) is 28.8. The number of nitrogens with zero attached hydrogens (tertiary/aromatic N) is 3. The molecular weight excluding hydrogens is 822 g/mol. The fraction of sp³-hybridized carbons (Fsp3) is 0.0870. The SMILES string of the molecule is CC(C)(C)c1ccnc(-c2ccccc2-c2ccccc2-[n+]2[c-]n(-c3[c-]c(Oc4[c-]cc5oc6ccccc6c5c4)ccc3)c3ccccc32)c1.[Pt]. The molecule has 3 heterocycles. The van der Waals surface area contributed by atoms with Crippen molar-refractivity contribution in [1.29, 1.82) is 0 Å². The van der Waals surface area contributed by atoms with E-state index in [1.807, 2.05) is 65.4 Å². The fourth-order valence-corrected chi connectivity index (χ4v) is 6.75. The molecule has 0 atom stereocenters. The summed E-state index contributed by atoms with van der Waals surface area (Å²) >= 11 is 0. The van der Waals surface area contributed by atoms with Crippen LogP contribution in [0.3, 0.4) is 0 Å². The number of imidazole rings is 1. The molecule has 6 heteroatoms. The van der Waals surface area contributed by atoms with E-state index in [1.165, 1.54) is 5.56 Å². The first-order valence-corrected chi connectivity index (χ1v) is 17.0. The van der Waals surface area contributed by atoms with Crippen molar-refractivity contribution in [2.75, 3.05) is 0 Å². The normalized spacial score (nSPS) is 11.6. The van der Waals surface area contributed by atoms with Crippen LogP contribution < -0.4 is 9.30 Å². The van der Waals surface area contributed by atoms with Crippen molar-refractivity contribution < 1.29 is 34.8 Å². The number of furan rings is 1. The van der Waals surface area contributed by atoms with Gasteiger partial charge in [-0.15, -0.1) is 30.3 Å². The fourth-order valence-electron chi connectivity index (χ4n) is 6.75. The monoisotopic (exact) mass is 854 g/mol. The Morgan fingerprint density at radius 3 is 2.31 bits per heavy atom. The number of pyridine rings is 1. The van der Waals surface area contributed by atoms with E-state index in [0.717, 1.165) is 66.7 Å². The third kappa shape index (κ3) is 6.01. The van der Waals surface area contributed by atoms with Crippen molar-refractivity contribution >= 4 is 33.0 Å². The van der Waals surface area contributed by atoms with Gasteiger partial charge in [-0.05, 0) is 52.1 Å². The van der Waals surface area contributed by atoms with Gasteiger partial charge < -0.3 is 13.7 Å². The van der Waals surface area contributed by atoms with E-state index >= 15 is 0 Å². The van der Waals surface area contributed by atoms with Gasteiger partial charge in [-0.1, -0.05) is 111 Å². The molecule has 52 heavy (non-hydrogen) atoms. The molecule has 0 aliphatic rings. The van der Waals surface area contributed by atoms with Crippen LogP contribution in [0.5, 0.6) is 11.5 Å². The van der Waals surface area contributed by atoms with Gasteiger partial charge in [-0.3, -0.25) is 9.55 Å². The molecule has 0 saturated carbocycles. The van der Waals surface area contributed by atoms with Crippen molar-refractivity contribution in [3.8, 4) is 45.3 Å². The molecule has 256 valence electrons. The summed E-state index contributed by atoms with van der Waals surface area (Å²) in [4.78, 5) is 4.83. The maximum absolute atomic E-state index is 6.34. The Morgan fingerprint density at radius 2 is 1.44 bits per heavy atom. The Kier molecular flexibility index (Phi) is 8.61. The molecule has 0 saturated heterocycles. The van der Waals surface area contributed by atoms with Gasteiger partial charge in [-0.2, -0.15) is 12.1 Å². The number of benzene rings is 6. The number of fused-ring (bicyclic) bond motifs is 4. The largest absolute Gasteiger partial charge is 0.516 e. The van der Waals surface area contributed by atoms with Crippen LogP contribution in [-0.4, -0.2) is 9.55 Å². The molecule has 0 spiro atoms. The van der Waals surface area contributed by atoms with Gasteiger partial charge in [-0.25, -0.2) is 0 Å². The second kappa shape index (κ2) is 13.4. The summed E-state index contributed by atoms with van der Waals surface area (Å²) in [7, 11) is 0. The molecule has 6 aromatic carbocycles. The van der Waals surface area contributed by atoms with Gasteiger partial charge in [0.25, 0.3) is 6.33 Å². The number of para-hydroxylation sites is 4. The molecule has 9 aromatic rings. The van der Waals surface area contributed by atoms with E-state index in [2.05, 4.69) is 129 Å². The Bertz CT molecular complexity index is 2740. The van der Waals surface area contributed by atoms with Crippen LogP contribution in [0.15, 0.2) is 150 Å². The van der Waals surface area contributed by atoms with E-state index in [9.17, 15) is 0 Å². The van der Waals surface area contributed by atoms with E-state index in [0.29, 0.717) is 11.5 Å². The van der Waals surface area contributed by atoms with Crippen molar-refractivity contribution in [3.05, 3.63) is 170 Å². The van der Waals surface area contributed by atoms with Crippen LogP contribution in [0, 0.1) is 18.5 Å². The molecule has 0 unspecified atom stereocenters. The minimum absolute atomic E-state index is 0. The van der Waals surface area contributed by atoms with Crippen molar-refractivity contribution in [3.63, 3.8) is 0 Å². The van der Waals surface area contributed by atoms with Crippen LogP contribution in [0.25, 0.3) is 66.7 Å². The van der Waals surface area contributed by atoms with Gasteiger partial charge >= 0.3 is 0 Å². The first-order valence-electron chi connectivity index (χ1n) is 17.0. The van der Waals surface area contributed by atoms with Gasteiger partial charge in [0.05, 0.1) is 22.4 Å². The maximum atomic E-state index is 6.34. The minimum atomic E-state index is 0. The summed E-state index contributed by atoms with van der Waals surface area (Å²) < 4.78 is 16.5. The summed E-state index contributed by atoms with van der Waals surface area (Å²) in [6.45, 7) is 6.69. The van der Waals surface area contributed by atoms with Crippen LogP contribution in [0.2, 0.25) is 0 Å². The molecule has 0 fully saturated rings. The number of hydrogen-bond donors (Lipinski definition) is 0. The average Bonchev–Trinajstić information content (AvgIpc) is 3.73. The third-order valence-corrected chi connectivity index (χ3v) is 9.32. The second-order valence-electron chi connectivity index (χ2n) is 13.7. The van der Waals surface area contributed by atoms with Crippen LogP contribution in [0.4, 0.5) is 0 Å². The number of aromatic nitrogens is 3. The van der Waals surface area contributed by atoms with Crippen LogP contribution in [-0.2, 0) is 26.5 Å². The number of rotatable bonds is 6. The molecule has 0 bridgehead atoms.